The molecule has 1 aliphatic heterocycles. The van der Waals surface area contributed by atoms with Crippen LogP contribution in [0.15, 0.2) is 29.5 Å². The van der Waals surface area contributed by atoms with Crippen LogP contribution in [0, 0.1) is 0 Å². The van der Waals surface area contributed by atoms with E-state index in [-0.39, 0.29) is 0 Å². The van der Waals surface area contributed by atoms with Gasteiger partial charge in [-0.3, -0.25) is 0 Å². The number of nitrogens with zero attached hydrogens (tertiary/aromatic N) is 4. The van der Waals surface area contributed by atoms with Gasteiger partial charge in [0.15, 0.2) is 5.11 Å². The summed E-state index contributed by atoms with van der Waals surface area (Å²) in [5, 5.41) is 3.94. The fourth-order valence-electron chi connectivity index (χ4n) is 1.85. The molecule has 5 nitrogen and oxygen atoms in total. The molecule has 1 aromatic heterocycles. The Hall–Kier alpha value is -1.21. The molecule has 1 aromatic rings. The second kappa shape index (κ2) is 6.81. The van der Waals surface area contributed by atoms with Crippen molar-refractivity contribution in [2.45, 2.75) is 0 Å². The number of piperazine rings is 1. The number of hydrogen-bond acceptors (Lipinski definition) is 4. The van der Waals surface area contributed by atoms with Crippen LogP contribution >= 0.6 is 28.1 Å². The quantitative estimate of drug-likeness (QED) is 0.662. The van der Waals surface area contributed by atoms with Crippen LogP contribution in [0.25, 0.3) is 0 Å². The van der Waals surface area contributed by atoms with Gasteiger partial charge in [0, 0.05) is 45.1 Å². The lowest BCUT2D eigenvalue weighted by atomic mass is 10.3. The Bertz CT molecular complexity index is 442. The van der Waals surface area contributed by atoms with Gasteiger partial charge < -0.3 is 15.1 Å². The monoisotopic (exact) mass is 341 g/mol. The molecule has 1 fully saturated rings. The van der Waals surface area contributed by atoms with Gasteiger partial charge in [0.1, 0.15) is 0 Å². The molecule has 1 saturated heterocycles. The predicted octanol–water partition coefficient (Wildman–Crippen LogP) is 1.42. The smallest absolute Gasteiger partial charge is 0.225 e. The summed E-state index contributed by atoms with van der Waals surface area (Å²) in [4.78, 5) is 12.9. The van der Waals surface area contributed by atoms with E-state index in [0.29, 0.717) is 6.54 Å². The minimum Gasteiger partial charge on any atom is -0.359 e. The standard InChI is InChI=1S/C12H16BrN5S/c1-2-3-14-12(19)18-6-4-17(5-7-18)11-15-8-10(13)9-16-11/h2,8-9H,1,3-7H2,(H,14,19). The third-order valence-electron chi connectivity index (χ3n) is 2.85. The highest BCUT2D eigenvalue weighted by molar-refractivity contribution is 9.10. The van der Waals surface area contributed by atoms with Crippen LogP contribution in [0.5, 0.6) is 0 Å². The first-order valence-electron chi connectivity index (χ1n) is 6.07. The Morgan fingerprint density at radius 1 is 1.37 bits per heavy atom. The minimum absolute atomic E-state index is 0.703. The van der Waals surface area contributed by atoms with E-state index >= 15 is 0 Å². The van der Waals surface area contributed by atoms with Crippen molar-refractivity contribution in [1.29, 1.82) is 0 Å². The predicted molar refractivity (Wildman–Crippen MR) is 84.3 cm³/mol. The molecule has 2 rings (SSSR count). The van der Waals surface area contributed by atoms with Gasteiger partial charge in [0.25, 0.3) is 0 Å². The molecule has 0 unspecified atom stereocenters. The first-order chi connectivity index (χ1) is 9.20. The lowest BCUT2D eigenvalue weighted by Gasteiger charge is -2.36. The van der Waals surface area contributed by atoms with Crippen molar-refractivity contribution in [3.63, 3.8) is 0 Å². The van der Waals surface area contributed by atoms with Crippen molar-refractivity contribution in [2.75, 3.05) is 37.6 Å². The van der Waals surface area contributed by atoms with E-state index in [9.17, 15) is 0 Å². The van der Waals surface area contributed by atoms with Crippen molar-refractivity contribution in [3.05, 3.63) is 29.5 Å². The highest BCUT2D eigenvalue weighted by Gasteiger charge is 2.20. The average Bonchev–Trinajstić information content (AvgIpc) is 2.46. The maximum Gasteiger partial charge on any atom is 0.225 e. The lowest BCUT2D eigenvalue weighted by Crippen LogP contribution is -2.52. The molecule has 0 aliphatic carbocycles. The third-order valence-corrected chi connectivity index (χ3v) is 3.67. The Morgan fingerprint density at radius 2 is 2.00 bits per heavy atom. The van der Waals surface area contributed by atoms with E-state index in [1.165, 1.54) is 0 Å². The normalized spacial score (nSPS) is 15.2. The van der Waals surface area contributed by atoms with Crippen LogP contribution < -0.4 is 10.2 Å². The summed E-state index contributed by atoms with van der Waals surface area (Å²) in [7, 11) is 0. The van der Waals surface area contributed by atoms with Crippen LogP contribution in [0.3, 0.4) is 0 Å². The largest absolute Gasteiger partial charge is 0.359 e. The van der Waals surface area contributed by atoms with E-state index in [0.717, 1.165) is 41.7 Å². The summed E-state index contributed by atoms with van der Waals surface area (Å²) < 4.78 is 0.893. The zero-order chi connectivity index (χ0) is 13.7. The van der Waals surface area contributed by atoms with Gasteiger partial charge in [-0.25, -0.2) is 9.97 Å². The highest BCUT2D eigenvalue weighted by Crippen LogP contribution is 2.13. The van der Waals surface area contributed by atoms with E-state index in [4.69, 9.17) is 12.2 Å². The van der Waals surface area contributed by atoms with Crippen LogP contribution in [0.4, 0.5) is 5.95 Å². The van der Waals surface area contributed by atoms with Crippen molar-refractivity contribution in [1.82, 2.24) is 20.2 Å². The molecule has 0 saturated carbocycles. The maximum absolute atomic E-state index is 5.32. The summed E-state index contributed by atoms with van der Waals surface area (Å²) >= 11 is 8.66. The van der Waals surface area contributed by atoms with Crippen molar-refractivity contribution < 1.29 is 0 Å². The van der Waals surface area contributed by atoms with Gasteiger partial charge in [0.2, 0.25) is 5.95 Å². The molecule has 7 heteroatoms. The molecule has 102 valence electrons. The van der Waals surface area contributed by atoms with E-state index in [1.807, 2.05) is 0 Å². The molecular formula is C12H16BrN5S. The fourth-order valence-corrected chi connectivity index (χ4v) is 2.32. The zero-order valence-electron chi connectivity index (χ0n) is 10.5. The maximum atomic E-state index is 5.32. The number of thiocarbonyl (C=S) groups is 1. The Balaban J connectivity index is 1.86. The molecule has 0 spiro atoms. The van der Waals surface area contributed by atoms with E-state index < -0.39 is 0 Å². The first-order valence-corrected chi connectivity index (χ1v) is 7.27. The number of hydrogen-bond donors (Lipinski definition) is 1. The Kier molecular flexibility index (Phi) is 5.09. The third kappa shape index (κ3) is 3.87. The van der Waals surface area contributed by atoms with Gasteiger partial charge in [-0.2, -0.15) is 0 Å². The van der Waals surface area contributed by atoms with Gasteiger partial charge in [0.05, 0.1) is 4.47 Å². The van der Waals surface area contributed by atoms with Crippen molar-refractivity contribution in [3.8, 4) is 0 Å². The molecule has 0 radical (unpaired) electrons. The minimum atomic E-state index is 0.703. The molecule has 1 N–H and O–H groups in total. The van der Waals surface area contributed by atoms with Gasteiger partial charge in [-0.05, 0) is 28.1 Å². The Morgan fingerprint density at radius 3 is 2.58 bits per heavy atom. The fraction of sp³-hybridized carbons (Fsp3) is 0.417. The van der Waals surface area contributed by atoms with Crippen LogP contribution in [0.1, 0.15) is 0 Å². The second-order valence-electron chi connectivity index (χ2n) is 4.15. The number of halogens is 1. The number of rotatable bonds is 3. The highest BCUT2D eigenvalue weighted by atomic mass is 79.9. The van der Waals surface area contributed by atoms with E-state index in [2.05, 4.69) is 47.6 Å². The Labute approximate surface area is 126 Å². The number of nitrogens with one attached hydrogen (secondary N) is 1. The first kappa shape index (κ1) is 14.2. The van der Waals surface area contributed by atoms with Crippen molar-refractivity contribution >= 4 is 39.2 Å². The van der Waals surface area contributed by atoms with Crippen LogP contribution in [0.2, 0.25) is 0 Å². The molecule has 0 atom stereocenters. The number of anilines is 1. The summed E-state index contributed by atoms with van der Waals surface area (Å²) in [6.45, 7) is 7.87. The molecule has 2 heterocycles. The summed E-state index contributed by atoms with van der Waals surface area (Å²) in [6.07, 6.45) is 5.34. The molecule has 1 aliphatic rings. The average molecular weight is 342 g/mol. The molecule has 19 heavy (non-hydrogen) atoms. The summed E-state index contributed by atoms with van der Waals surface area (Å²) in [5.41, 5.74) is 0. The SMILES string of the molecule is C=CCNC(=S)N1CCN(c2ncc(Br)cn2)CC1. The zero-order valence-corrected chi connectivity index (χ0v) is 13.0. The second-order valence-corrected chi connectivity index (χ2v) is 5.45. The molecule has 0 aromatic carbocycles. The molecule has 0 bridgehead atoms. The van der Waals surface area contributed by atoms with Gasteiger partial charge in [-0.1, -0.05) is 6.08 Å². The summed E-state index contributed by atoms with van der Waals surface area (Å²) in [6, 6.07) is 0. The van der Waals surface area contributed by atoms with Crippen LogP contribution in [-0.2, 0) is 0 Å². The topological polar surface area (TPSA) is 44.3 Å². The van der Waals surface area contributed by atoms with Crippen LogP contribution in [-0.4, -0.2) is 52.7 Å². The summed E-state index contributed by atoms with van der Waals surface area (Å²) in [5.74, 6) is 0.771. The van der Waals surface area contributed by atoms with Gasteiger partial charge in [-0.15, -0.1) is 6.58 Å². The number of aromatic nitrogens is 2. The van der Waals surface area contributed by atoms with Gasteiger partial charge >= 0.3 is 0 Å². The molecular weight excluding hydrogens is 326 g/mol. The lowest BCUT2D eigenvalue weighted by molar-refractivity contribution is 0.379. The van der Waals surface area contributed by atoms with Crippen molar-refractivity contribution in [2.24, 2.45) is 0 Å². The van der Waals surface area contributed by atoms with E-state index in [1.54, 1.807) is 18.5 Å². The molecule has 0 amide bonds.